The number of hydrogen-bond acceptors (Lipinski definition) is 4. The van der Waals surface area contributed by atoms with E-state index in [2.05, 4.69) is 33.9 Å². The Morgan fingerprint density at radius 1 is 1.33 bits per heavy atom. The van der Waals surface area contributed by atoms with Crippen LogP contribution in [0.25, 0.3) is 0 Å². The van der Waals surface area contributed by atoms with Crippen LogP contribution < -0.4 is 5.32 Å². The predicted molar refractivity (Wildman–Crippen MR) is 83.2 cm³/mol. The molecule has 3 atom stereocenters. The molecule has 0 saturated heterocycles. The van der Waals surface area contributed by atoms with E-state index < -0.39 is 0 Å². The Morgan fingerprint density at radius 2 is 2.19 bits per heavy atom. The molecule has 2 saturated carbocycles. The average Bonchev–Trinajstić information content (AvgIpc) is 3.19. The molecule has 6 heteroatoms. The number of rotatable bonds is 6. The molecule has 21 heavy (non-hydrogen) atoms. The fraction of sp³-hybridized carbons (Fsp3) is 0.800. The SMILES string of the molecule is CCc1nnc(SCC(=O)NC2CC3CCC2C3)n1CC. The van der Waals surface area contributed by atoms with Crippen LogP contribution in [-0.4, -0.2) is 32.5 Å². The molecule has 1 amide bonds. The molecule has 3 unspecified atom stereocenters. The highest BCUT2D eigenvalue weighted by Crippen LogP contribution is 2.44. The molecule has 0 spiro atoms. The lowest BCUT2D eigenvalue weighted by atomic mass is 9.95. The molecule has 116 valence electrons. The summed E-state index contributed by atoms with van der Waals surface area (Å²) in [6, 6.07) is 0.423. The second-order valence-corrected chi connectivity index (χ2v) is 7.08. The van der Waals surface area contributed by atoms with Gasteiger partial charge < -0.3 is 9.88 Å². The van der Waals surface area contributed by atoms with Gasteiger partial charge in [0.25, 0.3) is 0 Å². The fourth-order valence-electron chi connectivity index (χ4n) is 3.81. The topological polar surface area (TPSA) is 59.8 Å². The van der Waals surface area contributed by atoms with Crippen LogP contribution in [0.2, 0.25) is 0 Å². The van der Waals surface area contributed by atoms with Crippen molar-refractivity contribution in [2.45, 2.75) is 63.7 Å². The van der Waals surface area contributed by atoms with Crippen LogP contribution >= 0.6 is 11.8 Å². The number of amides is 1. The van der Waals surface area contributed by atoms with E-state index in [1.165, 1.54) is 37.4 Å². The summed E-state index contributed by atoms with van der Waals surface area (Å²) < 4.78 is 2.09. The summed E-state index contributed by atoms with van der Waals surface area (Å²) in [6.07, 6.45) is 6.05. The largest absolute Gasteiger partial charge is 0.352 e. The number of nitrogens with one attached hydrogen (secondary N) is 1. The van der Waals surface area contributed by atoms with E-state index in [9.17, 15) is 4.79 Å². The van der Waals surface area contributed by atoms with Gasteiger partial charge in [0.05, 0.1) is 5.75 Å². The molecular weight excluding hydrogens is 284 g/mol. The summed E-state index contributed by atoms with van der Waals surface area (Å²) >= 11 is 1.50. The number of carbonyl (C=O) groups is 1. The average molecular weight is 308 g/mol. The Morgan fingerprint density at radius 3 is 2.81 bits per heavy atom. The minimum atomic E-state index is 0.140. The van der Waals surface area contributed by atoms with E-state index in [1.807, 2.05) is 0 Å². The molecular formula is C15H24N4OS. The van der Waals surface area contributed by atoms with Crippen molar-refractivity contribution in [3.8, 4) is 0 Å². The van der Waals surface area contributed by atoms with Crippen molar-refractivity contribution in [1.29, 1.82) is 0 Å². The number of aromatic nitrogens is 3. The number of nitrogens with zero attached hydrogens (tertiary/aromatic N) is 3. The van der Waals surface area contributed by atoms with Crippen LogP contribution in [0.15, 0.2) is 5.16 Å². The second-order valence-electron chi connectivity index (χ2n) is 6.13. The van der Waals surface area contributed by atoms with Crippen LogP contribution in [0, 0.1) is 11.8 Å². The van der Waals surface area contributed by atoms with E-state index in [0.29, 0.717) is 11.8 Å². The van der Waals surface area contributed by atoms with Gasteiger partial charge in [0.1, 0.15) is 5.82 Å². The third-order valence-corrected chi connectivity index (χ3v) is 5.81. The van der Waals surface area contributed by atoms with Gasteiger partial charge in [-0.15, -0.1) is 10.2 Å². The van der Waals surface area contributed by atoms with Crippen molar-refractivity contribution in [3.05, 3.63) is 5.82 Å². The molecule has 3 rings (SSSR count). The van der Waals surface area contributed by atoms with Gasteiger partial charge in [-0.1, -0.05) is 25.1 Å². The minimum Gasteiger partial charge on any atom is -0.352 e. The second kappa shape index (κ2) is 6.38. The maximum Gasteiger partial charge on any atom is 0.230 e. The highest BCUT2D eigenvalue weighted by Gasteiger charge is 2.39. The third-order valence-electron chi connectivity index (χ3n) is 4.84. The van der Waals surface area contributed by atoms with Gasteiger partial charge in [0, 0.05) is 19.0 Å². The summed E-state index contributed by atoms with van der Waals surface area (Å²) in [5, 5.41) is 12.5. The van der Waals surface area contributed by atoms with Crippen molar-refractivity contribution in [2.75, 3.05) is 5.75 Å². The molecule has 0 aromatic carbocycles. The standard InChI is InChI=1S/C15H24N4OS/c1-3-13-17-18-15(19(13)4-2)21-9-14(20)16-12-8-10-5-6-11(12)7-10/h10-12H,3-9H2,1-2H3,(H,16,20). The van der Waals surface area contributed by atoms with Gasteiger partial charge in [-0.3, -0.25) is 4.79 Å². The molecule has 2 bridgehead atoms. The van der Waals surface area contributed by atoms with E-state index >= 15 is 0 Å². The first kappa shape index (κ1) is 14.9. The van der Waals surface area contributed by atoms with Crippen molar-refractivity contribution in [3.63, 3.8) is 0 Å². The van der Waals surface area contributed by atoms with Crippen LogP contribution in [0.4, 0.5) is 0 Å². The van der Waals surface area contributed by atoms with E-state index in [4.69, 9.17) is 0 Å². The number of aryl methyl sites for hydroxylation is 1. The summed E-state index contributed by atoms with van der Waals surface area (Å²) in [4.78, 5) is 12.1. The first-order valence-electron chi connectivity index (χ1n) is 8.05. The molecule has 5 nitrogen and oxygen atoms in total. The van der Waals surface area contributed by atoms with Gasteiger partial charge in [-0.05, 0) is 38.0 Å². The molecule has 0 radical (unpaired) electrons. The quantitative estimate of drug-likeness (QED) is 0.819. The van der Waals surface area contributed by atoms with Gasteiger partial charge >= 0.3 is 0 Å². The molecule has 1 aromatic rings. The summed E-state index contributed by atoms with van der Waals surface area (Å²) in [5.74, 6) is 3.17. The Balaban J connectivity index is 1.51. The summed E-state index contributed by atoms with van der Waals surface area (Å²) in [6.45, 7) is 5.01. The van der Waals surface area contributed by atoms with Crippen molar-refractivity contribution in [2.24, 2.45) is 11.8 Å². The maximum atomic E-state index is 12.1. The van der Waals surface area contributed by atoms with Gasteiger partial charge in [-0.2, -0.15) is 0 Å². The van der Waals surface area contributed by atoms with Crippen LogP contribution in [0.1, 0.15) is 45.4 Å². The minimum absolute atomic E-state index is 0.140. The number of hydrogen-bond donors (Lipinski definition) is 1. The number of fused-ring (bicyclic) bond motifs is 2. The molecule has 1 N–H and O–H groups in total. The lowest BCUT2D eigenvalue weighted by Gasteiger charge is -2.22. The zero-order valence-electron chi connectivity index (χ0n) is 12.8. The lowest BCUT2D eigenvalue weighted by molar-refractivity contribution is -0.119. The maximum absolute atomic E-state index is 12.1. The van der Waals surface area contributed by atoms with E-state index in [0.717, 1.165) is 35.8 Å². The smallest absolute Gasteiger partial charge is 0.230 e. The van der Waals surface area contributed by atoms with Crippen molar-refractivity contribution >= 4 is 17.7 Å². The monoisotopic (exact) mass is 308 g/mol. The van der Waals surface area contributed by atoms with Gasteiger partial charge in [0.15, 0.2) is 5.16 Å². The van der Waals surface area contributed by atoms with Gasteiger partial charge in [-0.25, -0.2) is 0 Å². The van der Waals surface area contributed by atoms with Crippen LogP contribution in [0.3, 0.4) is 0 Å². The first-order valence-corrected chi connectivity index (χ1v) is 9.04. The zero-order chi connectivity index (χ0) is 14.8. The Bertz CT molecular complexity index is 516. The van der Waals surface area contributed by atoms with Crippen LogP contribution in [0.5, 0.6) is 0 Å². The normalized spacial score (nSPS) is 27.2. The number of carbonyl (C=O) groups excluding carboxylic acids is 1. The fourth-order valence-corrected chi connectivity index (χ4v) is 4.64. The molecule has 2 aliphatic rings. The van der Waals surface area contributed by atoms with E-state index in [1.54, 1.807) is 0 Å². The summed E-state index contributed by atoms with van der Waals surface area (Å²) in [5.41, 5.74) is 0. The number of thioether (sulfide) groups is 1. The highest BCUT2D eigenvalue weighted by molar-refractivity contribution is 7.99. The predicted octanol–water partition coefficient (Wildman–Crippen LogP) is 2.26. The van der Waals surface area contributed by atoms with Crippen molar-refractivity contribution in [1.82, 2.24) is 20.1 Å². The Labute approximate surface area is 130 Å². The molecule has 1 aromatic heterocycles. The van der Waals surface area contributed by atoms with Crippen LogP contribution in [-0.2, 0) is 17.8 Å². The highest BCUT2D eigenvalue weighted by atomic mass is 32.2. The van der Waals surface area contributed by atoms with Crippen molar-refractivity contribution < 1.29 is 4.79 Å². The third kappa shape index (κ3) is 3.10. The Kier molecular flexibility index (Phi) is 4.52. The lowest BCUT2D eigenvalue weighted by Crippen LogP contribution is -2.39. The molecule has 0 aliphatic heterocycles. The molecule has 2 fully saturated rings. The van der Waals surface area contributed by atoms with E-state index in [-0.39, 0.29) is 5.91 Å². The summed E-state index contributed by atoms with van der Waals surface area (Å²) in [7, 11) is 0. The molecule has 2 aliphatic carbocycles. The Hall–Kier alpha value is -1.04. The zero-order valence-corrected chi connectivity index (χ0v) is 13.7. The van der Waals surface area contributed by atoms with Gasteiger partial charge in [0.2, 0.25) is 5.91 Å². The molecule has 1 heterocycles. The first-order chi connectivity index (χ1) is 10.2.